The molecule has 1 atom stereocenters. The van der Waals surface area contributed by atoms with E-state index in [1.165, 1.54) is 37.8 Å². The molecule has 1 saturated carbocycles. The van der Waals surface area contributed by atoms with E-state index in [2.05, 4.69) is 18.4 Å². The second kappa shape index (κ2) is 7.23. The molecule has 3 rings (SSSR count). The van der Waals surface area contributed by atoms with Crippen LogP contribution in [-0.2, 0) is 9.84 Å². The average molecular weight is 367 g/mol. The molecule has 140 valence electrons. The van der Waals surface area contributed by atoms with E-state index < -0.39 is 9.84 Å². The molecule has 2 heterocycles. The van der Waals surface area contributed by atoms with Crippen molar-refractivity contribution in [1.29, 1.82) is 0 Å². The van der Waals surface area contributed by atoms with Gasteiger partial charge in [-0.15, -0.1) is 0 Å². The quantitative estimate of drug-likeness (QED) is 0.752. The fraction of sp³-hybridized carbons (Fsp3) is 0.737. The van der Waals surface area contributed by atoms with E-state index in [0.29, 0.717) is 12.5 Å². The summed E-state index contributed by atoms with van der Waals surface area (Å²) < 4.78 is 25.7. The molecule has 6 heteroatoms. The predicted molar refractivity (Wildman–Crippen MR) is 100 cm³/mol. The lowest BCUT2D eigenvalue weighted by molar-refractivity contribution is 0.0925. The van der Waals surface area contributed by atoms with Crippen LogP contribution in [0.3, 0.4) is 0 Å². The molecule has 0 amide bonds. The summed E-state index contributed by atoms with van der Waals surface area (Å²) in [5.41, 5.74) is 3.04. The zero-order valence-corrected chi connectivity index (χ0v) is 16.4. The van der Waals surface area contributed by atoms with Gasteiger partial charge >= 0.3 is 0 Å². The SMILES string of the molecule is Cc1cc(C(=O)CN(C)C2CCS(=O)(=O)C2)c(C)n1C1CCCCC1. The number of Topliss-reactive ketones (excluding diaryl/α,β-unsaturated/α-hetero) is 1. The summed E-state index contributed by atoms with van der Waals surface area (Å²) in [5, 5.41) is 0. The fourth-order valence-corrected chi connectivity index (χ4v) is 6.33. The van der Waals surface area contributed by atoms with Crippen molar-refractivity contribution in [2.24, 2.45) is 0 Å². The van der Waals surface area contributed by atoms with Crippen LogP contribution in [0.15, 0.2) is 6.07 Å². The highest BCUT2D eigenvalue weighted by Gasteiger charge is 2.32. The van der Waals surface area contributed by atoms with Gasteiger partial charge in [-0.05, 0) is 46.2 Å². The predicted octanol–water partition coefficient (Wildman–Crippen LogP) is 2.91. The van der Waals surface area contributed by atoms with Crippen LogP contribution >= 0.6 is 0 Å². The third-order valence-electron chi connectivity index (χ3n) is 5.95. The van der Waals surface area contributed by atoms with Crippen LogP contribution in [0.5, 0.6) is 0 Å². The van der Waals surface area contributed by atoms with Gasteiger partial charge in [-0.25, -0.2) is 8.42 Å². The van der Waals surface area contributed by atoms with Gasteiger partial charge in [0.2, 0.25) is 0 Å². The van der Waals surface area contributed by atoms with Crippen molar-refractivity contribution >= 4 is 15.6 Å². The molecule has 1 aromatic rings. The van der Waals surface area contributed by atoms with Crippen molar-refractivity contribution in [3.63, 3.8) is 0 Å². The van der Waals surface area contributed by atoms with Crippen LogP contribution in [-0.4, -0.2) is 54.8 Å². The normalized spacial score (nSPS) is 24.1. The van der Waals surface area contributed by atoms with Crippen LogP contribution in [0, 0.1) is 13.8 Å². The van der Waals surface area contributed by atoms with E-state index >= 15 is 0 Å². The lowest BCUT2D eigenvalue weighted by Gasteiger charge is -2.26. The Morgan fingerprint density at radius 1 is 1.20 bits per heavy atom. The lowest BCUT2D eigenvalue weighted by Crippen LogP contribution is -2.36. The molecule has 1 aliphatic carbocycles. The molecule has 0 N–H and O–H groups in total. The minimum atomic E-state index is -2.92. The Morgan fingerprint density at radius 3 is 2.48 bits per heavy atom. The number of likely N-dealkylation sites (N-methyl/N-ethyl adjacent to an activating group) is 1. The van der Waals surface area contributed by atoms with E-state index in [-0.39, 0.29) is 29.9 Å². The number of carbonyl (C=O) groups excluding carboxylic acids is 1. The van der Waals surface area contributed by atoms with Gasteiger partial charge in [-0.3, -0.25) is 9.69 Å². The van der Waals surface area contributed by atoms with E-state index in [0.717, 1.165) is 11.3 Å². The first-order valence-corrected chi connectivity index (χ1v) is 11.2. The van der Waals surface area contributed by atoms with Crippen molar-refractivity contribution in [1.82, 2.24) is 9.47 Å². The topological polar surface area (TPSA) is 59.4 Å². The Hall–Kier alpha value is -1.14. The van der Waals surface area contributed by atoms with Crippen molar-refractivity contribution < 1.29 is 13.2 Å². The maximum atomic E-state index is 12.8. The zero-order chi connectivity index (χ0) is 18.2. The van der Waals surface area contributed by atoms with E-state index in [4.69, 9.17) is 0 Å². The smallest absolute Gasteiger partial charge is 0.178 e. The Labute approximate surface area is 151 Å². The number of aryl methyl sites for hydroxylation is 1. The van der Waals surface area contributed by atoms with Gasteiger partial charge in [0.1, 0.15) is 0 Å². The van der Waals surface area contributed by atoms with Gasteiger partial charge in [0, 0.05) is 29.0 Å². The van der Waals surface area contributed by atoms with Crippen LogP contribution in [0.25, 0.3) is 0 Å². The molecule has 0 bridgehead atoms. The summed E-state index contributed by atoms with van der Waals surface area (Å²) in [6.45, 7) is 4.43. The molecule has 1 aliphatic heterocycles. The fourth-order valence-electron chi connectivity index (χ4n) is 4.52. The van der Waals surface area contributed by atoms with Crippen LogP contribution < -0.4 is 0 Å². The minimum absolute atomic E-state index is 0.0317. The van der Waals surface area contributed by atoms with E-state index in [9.17, 15) is 13.2 Å². The molecule has 1 saturated heterocycles. The Morgan fingerprint density at radius 2 is 1.88 bits per heavy atom. The minimum Gasteiger partial charge on any atom is -0.345 e. The molecule has 2 aliphatic rings. The number of sulfone groups is 1. The number of hydrogen-bond donors (Lipinski definition) is 0. The first kappa shape index (κ1) is 18.6. The van der Waals surface area contributed by atoms with Crippen LogP contribution in [0.2, 0.25) is 0 Å². The molecule has 0 spiro atoms. The third-order valence-corrected chi connectivity index (χ3v) is 7.70. The number of ketones is 1. The van der Waals surface area contributed by atoms with E-state index in [1.54, 1.807) is 0 Å². The first-order valence-electron chi connectivity index (χ1n) is 9.41. The van der Waals surface area contributed by atoms with Gasteiger partial charge in [0.15, 0.2) is 15.6 Å². The second-order valence-corrected chi connectivity index (χ2v) is 10.1. The first-order chi connectivity index (χ1) is 11.8. The summed E-state index contributed by atoms with van der Waals surface area (Å²) in [6, 6.07) is 2.51. The van der Waals surface area contributed by atoms with Crippen LogP contribution in [0.4, 0.5) is 0 Å². The third kappa shape index (κ3) is 4.00. The van der Waals surface area contributed by atoms with Crippen molar-refractivity contribution in [2.75, 3.05) is 25.1 Å². The van der Waals surface area contributed by atoms with Crippen LogP contribution in [0.1, 0.15) is 66.3 Å². The average Bonchev–Trinajstić information content (AvgIpc) is 3.07. The standard InChI is InChI=1S/C19H30N2O3S/c1-14-11-18(15(2)21(14)16-7-5-4-6-8-16)19(22)12-20(3)17-9-10-25(23,24)13-17/h11,16-17H,4-10,12-13H2,1-3H3. The molecule has 25 heavy (non-hydrogen) atoms. The lowest BCUT2D eigenvalue weighted by atomic mass is 9.95. The number of rotatable bonds is 5. The largest absolute Gasteiger partial charge is 0.345 e. The number of nitrogens with zero attached hydrogens (tertiary/aromatic N) is 2. The second-order valence-electron chi connectivity index (χ2n) is 7.84. The molecule has 5 nitrogen and oxygen atoms in total. The molecule has 2 fully saturated rings. The van der Waals surface area contributed by atoms with Gasteiger partial charge in [-0.1, -0.05) is 19.3 Å². The summed E-state index contributed by atoms with van der Waals surface area (Å²) >= 11 is 0. The monoisotopic (exact) mass is 366 g/mol. The Bertz CT molecular complexity index is 745. The summed E-state index contributed by atoms with van der Waals surface area (Å²) in [5.74, 6) is 0.520. The molecule has 1 aromatic heterocycles. The highest BCUT2D eigenvalue weighted by atomic mass is 32.2. The van der Waals surface area contributed by atoms with Gasteiger partial charge in [0.05, 0.1) is 18.1 Å². The molecule has 0 aromatic carbocycles. The Kier molecular flexibility index (Phi) is 5.40. The molecular formula is C19H30N2O3S. The molecular weight excluding hydrogens is 336 g/mol. The summed E-state index contributed by atoms with van der Waals surface area (Å²) in [4.78, 5) is 14.8. The zero-order valence-electron chi connectivity index (χ0n) is 15.6. The van der Waals surface area contributed by atoms with Crippen molar-refractivity contribution in [3.8, 4) is 0 Å². The van der Waals surface area contributed by atoms with Gasteiger partial charge in [0.25, 0.3) is 0 Å². The van der Waals surface area contributed by atoms with Gasteiger partial charge in [-0.2, -0.15) is 0 Å². The number of carbonyl (C=O) groups is 1. The Balaban J connectivity index is 1.72. The molecule has 0 radical (unpaired) electrons. The maximum Gasteiger partial charge on any atom is 0.178 e. The summed E-state index contributed by atoms with van der Waals surface area (Å²) in [6.07, 6.45) is 6.88. The molecule has 1 unspecified atom stereocenters. The van der Waals surface area contributed by atoms with Crippen molar-refractivity contribution in [3.05, 3.63) is 23.0 Å². The highest BCUT2D eigenvalue weighted by molar-refractivity contribution is 7.91. The number of aromatic nitrogens is 1. The number of hydrogen-bond acceptors (Lipinski definition) is 4. The highest BCUT2D eigenvalue weighted by Crippen LogP contribution is 2.32. The van der Waals surface area contributed by atoms with Crippen molar-refractivity contribution in [2.45, 2.75) is 64.5 Å². The van der Waals surface area contributed by atoms with Gasteiger partial charge < -0.3 is 4.57 Å². The maximum absolute atomic E-state index is 12.8. The summed E-state index contributed by atoms with van der Waals surface area (Å²) in [7, 11) is -1.06. The van der Waals surface area contributed by atoms with E-state index in [1.807, 2.05) is 18.0 Å².